The van der Waals surface area contributed by atoms with Crippen LogP contribution in [0.15, 0.2) is 18.5 Å². The minimum absolute atomic E-state index is 0.0433. The molecule has 0 saturated carbocycles. The van der Waals surface area contributed by atoms with Crippen molar-refractivity contribution in [2.24, 2.45) is 11.1 Å². The Kier molecular flexibility index (Phi) is 4.92. The number of hydrogen-bond donors (Lipinski definition) is 3. The molecule has 0 aliphatic carbocycles. The SMILES string of the molecule is Cc1[nH]cnc1/C=C1\C(=O)Nc2ccc(F)c(C#CC(C)(C)COC(N)=O)c21. The van der Waals surface area contributed by atoms with Crippen LogP contribution in [-0.2, 0) is 9.53 Å². The van der Waals surface area contributed by atoms with Crippen molar-refractivity contribution >= 4 is 29.3 Å². The lowest BCUT2D eigenvalue weighted by Crippen LogP contribution is -2.23. The molecule has 3 rings (SSSR count). The molecule has 2 aromatic rings. The van der Waals surface area contributed by atoms with Gasteiger partial charge in [0.25, 0.3) is 5.91 Å². The lowest BCUT2D eigenvalue weighted by molar-refractivity contribution is -0.110. The van der Waals surface area contributed by atoms with Crippen LogP contribution in [0.25, 0.3) is 11.6 Å². The number of nitrogens with two attached hydrogens (primary N) is 1. The minimum atomic E-state index is -0.906. The van der Waals surface area contributed by atoms with E-state index in [-0.39, 0.29) is 23.7 Å². The van der Waals surface area contributed by atoms with Crippen molar-refractivity contribution in [3.8, 4) is 11.8 Å². The molecular weight excluding hydrogens is 363 g/mol. The van der Waals surface area contributed by atoms with E-state index in [1.807, 2.05) is 6.92 Å². The first-order chi connectivity index (χ1) is 13.2. The molecule has 0 bridgehead atoms. The van der Waals surface area contributed by atoms with E-state index in [4.69, 9.17) is 10.5 Å². The third-order valence-corrected chi connectivity index (χ3v) is 4.17. The summed E-state index contributed by atoms with van der Waals surface area (Å²) in [5.74, 6) is 4.78. The number of halogens is 1. The number of aryl methyl sites for hydroxylation is 1. The summed E-state index contributed by atoms with van der Waals surface area (Å²) in [6.45, 7) is 5.24. The van der Waals surface area contributed by atoms with Gasteiger partial charge < -0.3 is 20.8 Å². The molecule has 0 fully saturated rings. The summed E-state index contributed by atoms with van der Waals surface area (Å²) < 4.78 is 19.4. The minimum Gasteiger partial charge on any atom is -0.448 e. The fourth-order valence-electron chi connectivity index (χ4n) is 2.70. The van der Waals surface area contributed by atoms with E-state index in [9.17, 15) is 14.0 Å². The van der Waals surface area contributed by atoms with E-state index >= 15 is 0 Å². The predicted octanol–water partition coefficient (Wildman–Crippen LogP) is 2.82. The van der Waals surface area contributed by atoms with Crippen LogP contribution in [-0.4, -0.2) is 28.6 Å². The first-order valence-corrected chi connectivity index (χ1v) is 8.49. The maximum atomic E-state index is 14.6. The molecule has 7 nitrogen and oxygen atoms in total. The first-order valence-electron chi connectivity index (χ1n) is 8.49. The molecule has 1 aromatic carbocycles. The number of imidazole rings is 1. The zero-order valence-electron chi connectivity index (χ0n) is 15.6. The highest BCUT2D eigenvalue weighted by molar-refractivity contribution is 6.35. The second kappa shape index (κ2) is 7.19. The number of anilines is 1. The van der Waals surface area contributed by atoms with Gasteiger partial charge in [0.05, 0.1) is 34.3 Å². The molecule has 0 spiro atoms. The second-order valence-electron chi connectivity index (χ2n) is 7.01. The number of aromatic nitrogens is 2. The molecule has 0 radical (unpaired) electrons. The van der Waals surface area contributed by atoms with Gasteiger partial charge in [-0.3, -0.25) is 4.79 Å². The largest absolute Gasteiger partial charge is 0.448 e. The Bertz CT molecular complexity index is 1060. The van der Waals surface area contributed by atoms with Crippen molar-refractivity contribution in [1.82, 2.24) is 9.97 Å². The number of H-pyrrole nitrogens is 1. The molecule has 0 unspecified atom stereocenters. The normalized spacial score (nSPS) is 14.3. The number of aromatic amines is 1. The number of nitrogens with zero attached hydrogens (tertiary/aromatic N) is 1. The fraction of sp³-hybridized carbons (Fsp3) is 0.250. The molecule has 1 aliphatic rings. The van der Waals surface area contributed by atoms with Crippen molar-refractivity contribution in [1.29, 1.82) is 0 Å². The predicted molar refractivity (Wildman–Crippen MR) is 102 cm³/mol. The highest BCUT2D eigenvalue weighted by Gasteiger charge is 2.29. The summed E-state index contributed by atoms with van der Waals surface area (Å²) >= 11 is 0. The van der Waals surface area contributed by atoms with Crippen LogP contribution in [0.3, 0.4) is 0 Å². The number of carbonyl (C=O) groups excluding carboxylic acids is 2. The number of benzene rings is 1. The van der Waals surface area contributed by atoms with Crippen LogP contribution >= 0.6 is 0 Å². The topological polar surface area (TPSA) is 110 Å². The smallest absolute Gasteiger partial charge is 0.404 e. The Labute approximate surface area is 161 Å². The zero-order valence-corrected chi connectivity index (χ0v) is 15.6. The Morgan fingerprint density at radius 3 is 2.82 bits per heavy atom. The number of rotatable bonds is 3. The molecule has 1 aliphatic heterocycles. The summed E-state index contributed by atoms with van der Waals surface area (Å²) in [6, 6.07) is 2.74. The maximum absolute atomic E-state index is 14.6. The molecular formula is C20H19FN4O3. The van der Waals surface area contributed by atoms with Crippen molar-refractivity contribution in [3.63, 3.8) is 0 Å². The number of carbonyl (C=O) groups is 2. The number of primary amides is 1. The van der Waals surface area contributed by atoms with Crippen molar-refractivity contribution in [2.45, 2.75) is 20.8 Å². The zero-order chi connectivity index (χ0) is 20.5. The van der Waals surface area contributed by atoms with E-state index in [2.05, 4.69) is 27.1 Å². The molecule has 4 N–H and O–H groups in total. The van der Waals surface area contributed by atoms with Crippen LogP contribution in [0, 0.1) is 30.0 Å². The van der Waals surface area contributed by atoms with Crippen LogP contribution < -0.4 is 11.1 Å². The van der Waals surface area contributed by atoms with Crippen LogP contribution in [0.2, 0.25) is 0 Å². The number of nitrogens with one attached hydrogen (secondary N) is 2. The first kappa shape index (κ1) is 19.2. The average molecular weight is 382 g/mol. The monoisotopic (exact) mass is 382 g/mol. The Morgan fingerprint density at radius 1 is 1.43 bits per heavy atom. The highest BCUT2D eigenvalue weighted by Crippen LogP contribution is 2.37. The van der Waals surface area contributed by atoms with E-state index in [1.54, 1.807) is 19.9 Å². The van der Waals surface area contributed by atoms with Crippen molar-refractivity contribution < 1.29 is 18.7 Å². The molecule has 28 heavy (non-hydrogen) atoms. The molecule has 1 aromatic heterocycles. The van der Waals surface area contributed by atoms with Gasteiger partial charge in [-0.05, 0) is 39.0 Å². The Hall–Kier alpha value is -3.60. The molecule has 8 heteroatoms. The summed E-state index contributed by atoms with van der Waals surface area (Å²) in [7, 11) is 0. The van der Waals surface area contributed by atoms with Gasteiger partial charge in [-0.2, -0.15) is 0 Å². The third kappa shape index (κ3) is 3.88. The van der Waals surface area contributed by atoms with E-state index in [1.165, 1.54) is 18.5 Å². The van der Waals surface area contributed by atoms with Gasteiger partial charge in [0, 0.05) is 11.3 Å². The lowest BCUT2D eigenvalue weighted by atomic mass is 9.93. The third-order valence-electron chi connectivity index (χ3n) is 4.17. The highest BCUT2D eigenvalue weighted by atomic mass is 19.1. The summed E-state index contributed by atoms with van der Waals surface area (Å²) in [4.78, 5) is 30.4. The van der Waals surface area contributed by atoms with Crippen LogP contribution in [0.5, 0.6) is 0 Å². The Morgan fingerprint density at radius 2 is 2.18 bits per heavy atom. The van der Waals surface area contributed by atoms with E-state index in [0.717, 1.165) is 5.69 Å². The fourth-order valence-corrected chi connectivity index (χ4v) is 2.70. The number of amides is 2. The van der Waals surface area contributed by atoms with E-state index < -0.39 is 17.3 Å². The maximum Gasteiger partial charge on any atom is 0.404 e. The quantitative estimate of drug-likeness (QED) is 0.560. The summed E-state index contributed by atoms with van der Waals surface area (Å²) in [6.07, 6.45) is 2.21. The Balaban J connectivity index is 2.07. The molecule has 2 heterocycles. The van der Waals surface area contributed by atoms with E-state index in [0.29, 0.717) is 16.9 Å². The van der Waals surface area contributed by atoms with Crippen LogP contribution in [0.1, 0.15) is 36.4 Å². The molecule has 144 valence electrons. The van der Waals surface area contributed by atoms with Gasteiger partial charge >= 0.3 is 6.09 Å². The molecule has 2 amide bonds. The van der Waals surface area contributed by atoms with Crippen molar-refractivity contribution in [3.05, 3.63) is 46.8 Å². The van der Waals surface area contributed by atoms with Gasteiger partial charge in [0.2, 0.25) is 0 Å². The lowest BCUT2D eigenvalue weighted by Gasteiger charge is -2.16. The second-order valence-corrected chi connectivity index (χ2v) is 7.01. The van der Waals surface area contributed by atoms with Gasteiger partial charge in [-0.15, -0.1) is 0 Å². The van der Waals surface area contributed by atoms with Crippen molar-refractivity contribution in [2.75, 3.05) is 11.9 Å². The van der Waals surface area contributed by atoms with Crippen LogP contribution in [0.4, 0.5) is 14.9 Å². The molecule has 0 atom stereocenters. The molecule has 0 saturated heterocycles. The number of fused-ring (bicyclic) bond motifs is 1. The number of hydrogen-bond acceptors (Lipinski definition) is 4. The van der Waals surface area contributed by atoms with Gasteiger partial charge in [0.1, 0.15) is 12.4 Å². The summed E-state index contributed by atoms with van der Waals surface area (Å²) in [5.41, 5.74) is 6.80. The number of ether oxygens (including phenoxy) is 1. The van der Waals surface area contributed by atoms with Gasteiger partial charge in [0.15, 0.2) is 0 Å². The average Bonchev–Trinajstić information content (AvgIpc) is 3.16. The standard InChI is InChI=1S/C20H19FN4O3/c1-11-16(24-10-23-11)8-13-17-12(6-7-20(2,3)9-28-19(22)27)14(21)4-5-15(17)25-18(13)26/h4-5,8,10H,9H2,1-3H3,(H2,22,27)(H,23,24)(H,25,26)/b13-8-. The summed E-state index contributed by atoms with van der Waals surface area (Å²) in [5, 5.41) is 2.72. The van der Waals surface area contributed by atoms with Gasteiger partial charge in [-0.25, -0.2) is 14.2 Å². The van der Waals surface area contributed by atoms with Gasteiger partial charge in [-0.1, -0.05) is 11.8 Å².